The topological polar surface area (TPSA) is 12.0 Å². The van der Waals surface area contributed by atoms with Gasteiger partial charge in [0.2, 0.25) is 0 Å². The van der Waals surface area contributed by atoms with E-state index in [1.54, 1.807) is 0 Å². The summed E-state index contributed by atoms with van der Waals surface area (Å²) in [6.45, 7) is 6.67. The third-order valence-electron chi connectivity index (χ3n) is 2.86. The number of hydrogen-bond acceptors (Lipinski definition) is 1. The van der Waals surface area contributed by atoms with Crippen molar-refractivity contribution in [3.05, 3.63) is 29.8 Å². The maximum atomic E-state index is 3.58. The molecule has 1 unspecified atom stereocenters. The number of hydrogen-bond donors (Lipinski definition) is 1. The van der Waals surface area contributed by atoms with E-state index in [9.17, 15) is 0 Å². The summed E-state index contributed by atoms with van der Waals surface area (Å²) in [6, 6.07) is 9.43. The van der Waals surface area contributed by atoms with Crippen LogP contribution in [0.3, 0.4) is 0 Å². The van der Waals surface area contributed by atoms with Crippen molar-refractivity contribution in [3.8, 4) is 0 Å². The van der Waals surface area contributed by atoms with E-state index in [4.69, 9.17) is 0 Å². The molecule has 1 atom stereocenters. The molecule has 1 aromatic rings. The van der Waals surface area contributed by atoms with Crippen LogP contribution in [0.15, 0.2) is 24.3 Å². The van der Waals surface area contributed by atoms with Gasteiger partial charge >= 0.3 is 0 Å². The molecule has 1 N–H and O–H groups in total. The van der Waals surface area contributed by atoms with Crippen molar-refractivity contribution in [2.75, 3.05) is 5.32 Å². The molecular weight excluding hydrogens is 182 g/mol. The molecule has 1 rings (SSSR count). The van der Waals surface area contributed by atoms with E-state index in [0.29, 0.717) is 6.04 Å². The predicted molar refractivity (Wildman–Crippen MR) is 68.4 cm³/mol. The first kappa shape index (κ1) is 12.1. The Morgan fingerprint density at radius 2 is 1.73 bits per heavy atom. The van der Waals surface area contributed by atoms with Crippen LogP contribution >= 0.6 is 0 Å². The van der Waals surface area contributed by atoms with E-state index in [0.717, 1.165) is 6.42 Å². The molecule has 15 heavy (non-hydrogen) atoms. The predicted octanol–water partition coefficient (Wildman–Crippen LogP) is 4.24. The fourth-order valence-electron chi connectivity index (χ4n) is 1.80. The van der Waals surface area contributed by atoms with Gasteiger partial charge in [0.15, 0.2) is 0 Å². The van der Waals surface area contributed by atoms with Crippen LogP contribution in [0.4, 0.5) is 5.69 Å². The first-order valence-electron chi connectivity index (χ1n) is 6.15. The van der Waals surface area contributed by atoms with Crippen molar-refractivity contribution < 1.29 is 0 Å². The molecule has 1 nitrogen and oxygen atoms in total. The summed E-state index contributed by atoms with van der Waals surface area (Å²) in [7, 11) is 0. The van der Waals surface area contributed by atoms with Crippen LogP contribution in [0, 0.1) is 0 Å². The van der Waals surface area contributed by atoms with Gasteiger partial charge in [-0.3, -0.25) is 0 Å². The van der Waals surface area contributed by atoms with Crippen LogP contribution in [-0.4, -0.2) is 6.04 Å². The van der Waals surface area contributed by atoms with Gasteiger partial charge in [-0.1, -0.05) is 39.3 Å². The number of anilines is 1. The van der Waals surface area contributed by atoms with E-state index < -0.39 is 0 Å². The molecule has 0 saturated heterocycles. The minimum atomic E-state index is 0.627. The highest BCUT2D eigenvalue weighted by molar-refractivity contribution is 5.45. The Morgan fingerprint density at radius 3 is 2.20 bits per heavy atom. The van der Waals surface area contributed by atoms with Gasteiger partial charge in [-0.2, -0.15) is 0 Å². The Bertz CT molecular complexity index is 263. The van der Waals surface area contributed by atoms with Crippen LogP contribution in [0.5, 0.6) is 0 Å². The molecule has 0 spiro atoms. The van der Waals surface area contributed by atoms with Crippen LogP contribution < -0.4 is 5.32 Å². The fourth-order valence-corrected chi connectivity index (χ4v) is 1.80. The summed E-state index contributed by atoms with van der Waals surface area (Å²) < 4.78 is 0. The van der Waals surface area contributed by atoms with E-state index in [1.165, 1.54) is 30.5 Å². The summed E-state index contributed by atoms with van der Waals surface area (Å²) in [5.41, 5.74) is 2.66. The highest BCUT2D eigenvalue weighted by Crippen LogP contribution is 2.14. The molecule has 0 aromatic heterocycles. The largest absolute Gasteiger partial charge is 0.382 e. The zero-order valence-corrected chi connectivity index (χ0v) is 10.2. The van der Waals surface area contributed by atoms with Crippen molar-refractivity contribution >= 4 is 5.69 Å². The van der Waals surface area contributed by atoms with E-state index in [1.807, 2.05) is 0 Å². The van der Waals surface area contributed by atoms with Gasteiger partial charge in [0.25, 0.3) is 0 Å². The second-order valence-corrected chi connectivity index (χ2v) is 4.09. The fraction of sp³-hybridized carbons (Fsp3) is 0.571. The van der Waals surface area contributed by atoms with Gasteiger partial charge in [-0.15, -0.1) is 0 Å². The molecule has 0 aliphatic carbocycles. The molecule has 0 heterocycles. The second kappa shape index (κ2) is 6.49. The molecule has 0 amide bonds. The first-order valence-corrected chi connectivity index (χ1v) is 6.15. The van der Waals surface area contributed by atoms with Gasteiger partial charge in [0, 0.05) is 11.7 Å². The van der Waals surface area contributed by atoms with E-state index >= 15 is 0 Å². The third-order valence-corrected chi connectivity index (χ3v) is 2.86. The monoisotopic (exact) mass is 205 g/mol. The lowest BCUT2D eigenvalue weighted by Crippen LogP contribution is -2.17. The zero-order chi connectivity index (χ0) is 11.1. The summed E-state index contributed by atoms with van der Waals surface area (Å²) in [6.07, 6.45) is 4.82. The van der Waals surface area contributed by atoms with Crippen LogP contribution in [0.25, 0.3) is 0 Å². The van der Waals surface area contributed by atoms with E-state index in [2.05, 4.69) is 50.4 Å². The quantitative estimate of drug-likeness (QED) is 0.732. The normalized spacial score (nSPS) is 12.5. The van der Waals surface area contributed by atoms with Gasteiger partial charge in [-0.25, -0.2) is 0 Å². The van der Waals surface area contributed by atoms with Gasteiger partial charge in [0.1, 0.15) is 0 Å². The van der Waals surface area contributed by atoms with Crippen molar-refractivity contribution in [2.24, 2.45) is 0 Å². The van der Waals surface area contributed by atoms with Crippen LogP contribution in [0.2, 0.25) is 0 Å². The molecular formula is C14H23N. The Kier molecular flexibility index (Phi) is 5.23. The lowest BCUT2D eigenvalue weighted by atomic mass is 10.1. The van der Waals surface area contributed by atoms with E-state index in [-0.39, 0.29) is 0 Å². The average Bonchev–Trinajstić information content (AvgIpc) is 2.29. The Balaban J connectivity index is 2.55. The van der Waals surface area contributed by atoms with Crippen molar-refractivity contribution in [1.82, 2.24) is 0 Å². The first-order chi connectivity index (χ1) is 7.30. The Labute approximate surface area is 93.9 Å². The average molecular weight is 205 g/mol. The van der Waals surface area contributed by atoms with Crippen molar-refractivity contribution in [2.45, 2.75) is 52.5 Å². The van der Waals surface area contributed by atoms with Crippen molar-refractivity contribution in [3.63, 3.8) is 0 Å². The number of nitrogens with one attached hydrogen (secondary N) is 1. The summed E-state index contributed by atoms with van der Waals surface area (Å²) in [5, 5.41) is 3.58. The standard InChI is InChI=1S/C14H23N/c1-4-7-13(6-3)15-14-10-8-12(5-2)9-11-14/h8-11,13,15H,4-7H2,1-3H3. The zero-order valence-electron chi connectivity index (χ0n) is 10.2. The number of rotatable bonds is 6. The molecule has 1 aromatic carbocycles. The summed E-state index contributed by atoms with van der Waals surface area (Å²) >= 11 is 0. The molecule has 0 fully saturated rings. The molecule has 1 heteroatoms. The SMILES string of the molecule is CCCC(CC)Nc1ccc(CC)cc1. The highest BCUT2D eigenvalue weighted by atomic mass is 14.9. The summed E-state index contributed by atoms with van der Waals surface area (Å²) in [5.74, 6) is 0. The lowest BCUT2D eigenvalue weighted by molar-refractivity contribution is 0.623. The van der Waals surface area contributed by atoms with Gasteiger partial charge < -0.3 is 5.32 Å². The molecule has 0 radical (unpaired) electrons. The second-order valence-electron chi connectivity index (χ2n) is 4.09. The molecule has 0 bridgehead atoms. The number of aryl methyl sites for hydroxylation is 1. The minimum Gasteiger partial charge on any atom is -0.382 e. The molecule has 0 aliphatic rings. The smallest absolute Gasteiger partial charge is 0.0342 e. The molecule has 0 aliphatic heterocycles. The van der Waals surface area contributed by atoms with Gasteiger partial charge in [0.05, 0.1) is 0 Å². The highest BCUT2D eigenvalue weighted by Gasteiger charge is 2.03. The van der Waals surface area contributed by atoms with Crippen molar-refractivity contribution in [1.29, 1.82) is 0 Å². The Hall–Kier alpha value is -0.980. The Morgan fingerprint density at radius 1 is 1.07 bits per heavy atom. The minimum absolute atomic E-state index is 0.627. The third kappa shape index (κ3) is 3.94. The number of benzene rings is 1. The summed E-state index contributed by atoms with van der Waals surface area (Å²) in [4.78, 5) is 0. The molecule has 0 saturated carbocycles. The lowest BCUT2D eigenvalue weighted by Gasteiger charge is -2.17. The van der Waals surface area contributed by atoms with Crippen LogP contribution in [0.1, 0.15) is 45.6 Å². The van der Waals surface area contributed by atoms with Gasteiger partial charge in [-0.05, 0) is 37.0 Å². The maximum absolute atomic E-state index is 3.58. The molecule has 84 valence electrons. The van der Waals surface area contributed by atoms with Crippen LogP contribution in [-0.2, 0) is 6.42 Å². The maximum Gasteiger partial charge on any atom is 0.0342 e.